The van der Waals surface area contributed by atoms with Crippen molar-refractivity contribution < 1.29 is 14.3 Å². The van der Waals surface area contributed by atoms with Crippen LogP contribution in [-0.4, -0.2) is 47.1 Å². The highest BCUT2D eigenvalue weighted by Gasteiger charge is 2.26. The van der Waals surface area contributed by atoms with Crippen LogP contribution in [0.4, 0.5) is 0 Å². The Labute approximate surface area is 170 Å². The summed E-state index contributed by atoms with van der Waals surface area (Å²) in [6, 6.07) is 9.54. The molecule has 1 saturated heterocycles. The number of rotatable bonds is 6. The van der Waals surface area contributed by atoms with E-state index in [-0.39, 0.29) is 5.91 Å². The highest BCUT2D eigenvalue weighted by Crippen LogP contribution is 2.34. The van der Waals surface area contributed by atoms with E-state index < -0.39 is 0 Å². The Morgan fingerprint density at radius 1 is 1.14 bits per heavy atom. The van der Waals surface area contributed by atoms with E-state index in [0.29, 0.717) is 36.2 Å². The molecule has 0 bridgehead atoms. The molecule has 3 aromatic rings. The van der Waals surface area contributed by atoms with Crippen LogP contribution in [0.15, 0.2) is 42.7 Å². The molecule has 152 valence electrons. The summed E-state index contributed by atoms with van der Waals surface area (Å²) in [6.07, 6.45) is 5.77. The first-order valence-electron chi connectivity index (χ1n) is 10.3. The van der Waals surface area contributed by atoms with E-state index in [9.17, 15) is 4.79 Å². The molecule has 4 rings (SSSR count). The van der Waals surface area contributed by atoms with Gasteiger partial charge in [0.05, 0.1) is 13.2 Å². The number of nitrogens with zero attached hydrogens (tertiary/aromatic N) is 2. The summed E-state index contributed by atoms with van der Waals surface area (Å²) >= 11 is 0. The van der Waals surface area contributed by atoms with Crippen LogP contribution in [0, 0.1) is 0 Å². The van der Waals surface area contributed by atoms with E-state index in [1.807, 2.05) is 36.9 Å². The third kappa shape index (κ3) is 3.92. The van der Waals surface area contributed by atoms with Gasteiger partial charge in [-0.2, -0.15) is 0 Å². The molecule has 6 nitrogen and oxygen atoms in total. The second-order valence-corrected chi connectivity index (χ2v) is 7.24. The fraction of sp³-hybridized carbons (Fsp3) is 0.391. The minimum absolute atomic E-state index is 0.0491. The van der Waals surface area contributed by atoms with Crippen molar-refractivity contribution in [1.82, 2.24) is 14.9 Å². The molecule has 1 aliphatic rings. The summed E-state index contributed by atoms with van der Waals surface area (Å²) in [5.41, 5.74) is 2.88. The normalized spacial score (nSPS) is 14.9. The summed E-state index contributed by atoms with van der Waals surface area (Å²) in [6.45, 7) is 6.44. The number of nitrogens with one attached hydrogen (secondary N) is 1. The van der Waals surface area contributed by atoms with Gasteiger partial charge in [0, 0.05) is 36.4 Å². The summed E-state index contributed by atoms with van der Waals surface area (Å²) in [5, 5.41) is 1.19. The average Bonchev–Trinajstić information content (AvgIpc) is 3.19. The van der Waals surface area contributed by atoms with E-state index >= 15 is 0 Å². The lowest BCUT2D eigenvalue weighted by molar-refractivity contribution is 0.0712. The van der Waals surface area contributed by atoms with Crippen LogP contribution in [0.25, 0.3) is 11.0 Å². The highest BCUT2D eigenvalue weighted by molar-refractivity contribution is 5.95. The smallest absolute Gasteiger partial charge is 0.253 e. The molecule has 1 fully saturated rings. The molecule has 0 atom stereocenters. The quantitative estimate of drug-likeness (QED) is 0.675. The van der Waals surface area contributed by atoms with Crippen molar-refractivity contribution in [2.45, 2.75) is 32.6 Å². The Bertz CT molecular complexity index is 990. The Morgan fingerprint density at radius 3 is 2.66 bits per heavy atom. The number of hydrogen-bond acceptors (Lipinski definition) is 4. The van der Waals surface area contributed by atoms with Gasteiger partial charge in [-0.15, -0.1) is 0 Å². The number of amides is 1. The molecule has 2 aromatic heterocycles. The third-order valence-electron chi connectivity index (χ3n) is 5.50. The lowest BCUT2D eigenvalue weighted by Crippen LogP contribution is -2.37. The molecule has 0 radical (unpaired) electrons. The van der Waals surface area contributed by atoms with Gasteiger partial charge in [0.1, 0.15) is 5.65 Å². The summed E-state index contributed by atoms with van der Waals surface area (Å²) < 4.78 is 11.3. The van der Waals surface area contributed by atoms with Crippen molar-refractivity contribution in [2.75, 3.05) is 26.3 Å². The monoisotopic (exact) mass is 393 g/mol. The number of fused-ring (bicyclic) bond motifs is 1. The van der Waals surface area contributed by atoms with Crippen LogP contribution >= 0.6 is 0 Å². The number of carbonyl (C=O) groups is 1. The van der Waals surface area contributed by atoms with E-state index in [2.05, 4.69) is 22.2 Å². The van der Waals surface area contributed by atoms with Crippen molar-refractivity contribution in [3.63, 3.8) is 0 Å². The zero-order valence-corrected chi connectivity index (χ0v) is 17.0. The number of carbonyl (C=O) groups excluding carboxylic acids is 1. The van der Waals surface area contributed by atoms with Crippen LogP contribution < -0.4 is 9.47 Å². The van der Waals surface area contributed by atoms with Gasteiger partial charge in [-0.1, -0.05) is 0 Å². The Hall–Kier alpha value is -3.02. The number of piperidine rings is 1. The van der Waals surface area contributed by atoms with Crippen LogP contribution in [0.1, 0.15) is 48.5 Å². The van der Waals surface area contributed by atoms with Crippen LogP contribution in [0.2, 0.25) is 0 Å². The third-order valence-corrected chi connectivity index (χ3v) is 5.50. The van der Waals surface area contributed by atoms with Gasteiger partial charge in [0.2, 0.25) is 0 Å². The zero-order chi connectivity index (χ0) is 20.2. The van der Waals surface area contributed by atoms with Crippen molar-refractivity contribution in [3.8, 4) is 11.5 Å². The zero-order valence-electron chi connectivity index (χ0n) is 17.0. The van der Waals surface area contributed by atoms with Crippen molar-refractivity contribution in [2.24, 2.45) is 0 Å². The van der Waals surface area contributed by atoms with E-state index in [1.165, 1.54) is 10.9 Å². The largest absolute Gasteiger partial charge is 0.490 e. The molecule has 0 aliphatic carbocycles. The van der Waals surface area contributed by atoms with Crippen LogP contribution in [0.5, 0.6) is 11.5 Å². The number of H-pyrrole nitrogens is 1. The van der Waals surface area contributed by atoms with E-state index in [1.54, 1.807) is 12.3 Å². The second-order valence-electron chi connectivity index (χ2n) is 7.24. The van der Waals surface area contributed by atoms with Crippen molar-refractivity contribution >= 4 is 16.9 Å². The van der Waals surface area contributed by atoms with Crippen molar-refractivity contribution in [1.29, 1.82) is 0 Å². The van der Waals surface area contributed by atoms with Crippen LogP contribution in [-0.2, 0) is 0 Å². The summed E-state index contributed by atoms with van der Waals surface area (Å²) in [5.74, 6) is 1.79. The number of ether oxygens (including phenoxy) is 2. The molecule has 6 heteroatoms. The topological polar surface area (TPSA) is 67.5 Å². The first-order chi connectivity index (χ1) is 14.2. The number of hydrogen-bond donors (Lipinski definition) is 1. The lowest BCUT2D eigenvalue weighted by Gasteiger charge is -2.32. The maximum Gasteiger partial charge on any atom is 0.253 e. The molecule has 3 heterocycles. The second kappa shape index (κ2) is 8.55. The molecule has 0 unspecified atom stereocenters. The van der Waals surface area contributed by atoms with Gasteiger partial charge in [0.25, 0.3) is 5.91 Å². The Kier molecular flexibility index (Phi) is 5.69. The predicted octanol–water partition coefficient (Wildman–Crippen LogP) is 4.38. The number of aromatic amines is 1. The molecule has 1 N–H and O–H groups in total. The minimum atomic E-state index is 0.0491. The fourth-order valence-electron chi connectivity index (χ4n) is 4.08. The van der Waals surface area contributed by atoms with Crippen LogP contribution in [0.3, 0.4) is 0 Å². The van der Waals surface area contributed by atoms with Crippen molar-refractivity contribution in [3.05, 3.63) is 53.9 Å². The lowest BCUT2D eigenvalue weighted by atomic mass is 9.89. The molecule has 1 aromatic carbocycles. The minimum Gasteiger partial charge on any atom is -0.490 e. The van der Waals surface area contributed by atoms with E-state index in [4.69, 9.17) is 9.47 Å². The Balaban J connectivity index is 1.45. The number of likely N-dealkylation sites (tertiary alicyclic amines) is 1. The number of pyridine rings is 1. The first-order valence-corrected chi connectivity index (χ1v) is 10.3. The van der Waals surface area contributed by atoms with Gasteiger partial charge in [-0.3, -0.25) is 4.79 Å². The molecule has 1 aliphatic heterocycles. The highest BCUT2D eigenvalue weighted by atomic mass is 16.5. The summed E-state index contributed by atoms with van der Waals surface area (Å²) in [7, 11) is 0. The molecular formula is C23H27N3O3. The van der Waals surface area contributed by atoms with E-state index in [0.717, 1.165) is 31.6 Å². The van der Waals surface area contributed by atoms with Gasteiger partial charge < -0.3 is 19.4 Å². The SMILES string of the molecule is CCOc1ccc(C(=O)N2CCC(c3c[nH]c4ncccc34)CC2)cc1OCC. The standard InChI is InChI=1S/C23H27N3O3/c1-3-28-20-8-7-17(14-21(20)29-4-2)23(27)26-12-9-16(10-13-26)19-15-25-22-18(19)6-5-11-24-22/h5-8,11,14-16H,3-4,9-10,12-13H2,1-2H3,(H,24,25). The van der Waals surface area contributed by atoms with Gasteiger partial charge in [-0.25, -0.2) is 4.98 Å². The fourth-order valence-corrected chi connectivity index (χ4v) is 4.08. The summed E-state index contributed by atoms with van der Waals surface area (Å²) in [4.78, 5) is 22.6. The first kappa shape index (κ1) is 19.3. The molecule has 29 heavy (non-hydrogen) atoms. The maximum absolute atomic E-state index is 13.0. The molecular weight excluding hydrogens is 366 g/mol. The predicted molar refractivity (Wildman–Crippen MR) is 113 cm³/mol. The molecule has 1 amide bonds. The Morgan fingerprint density at radius 2 is 1.90 bits per heavy atom. The number of benzene rings is 1. The van der Waals surface area contributed by atoms with Gasteiger partial charge in [0.15, 0.2) is 11.5 Å². The average molecular weight is 393 g/mol. The van der Waals surface area contributed by atoms with Gasteiger partial charge in [-0.05, 0) is 68.5 Å². The number of aromatic nitrogens is 2. The van der Waals surface area contributed by atoms with Gasteiger partial charge >= 0.3 is 0 Å². The molecule has 0 saturated carbocycles. The molecule has 0 spiro atoms. The maximum atomic E-state index is 13.0.